The summed E-state index contributed by atoms with van der Waals surface area (Å²) in [5.41, 5.74) is 0. The van der Waals surface area contributed by atoms with Gasteiger partial charge in [0.1, 0.15) is 0 Å². The molecule has 0 bridgehead atoms. The number of nitrogens with zero attached hydrogens (tertiary/aromatic N) is 1. The van der Waals surface area contributed by atoms with E-state index in [0.717, 1.165) is 6.42 Å². The van der Waals surface area contributed by atoms with Crippen molar-refractivity contribution in [3.8, 4) is 0 Å². The lowest BCUT2D eigenvalue weighted by atomic mass is 10.2. The molecule has 2 heterocycles. The molecule has 1 atom stereocenters. The number of furan rings is 1. The molecule has 6 nitrogen and oxygen atoms in total. The Morgan fingerprint density at radius 3 is 3.05 bits per heavy atom. The van der Waals surface area contributed by atoms with Gasteiger partial charge in [0.25, 0.3) is 5.91 Å². The summed E-state index contributed by atoms with van der Waals surface area (Å²) in [6, 6.07) is 3.24. The van der Waals surface area contributed by atoms with E-state index in [2.05, 4.69) is 5.32 Å². The highest BCUT2D eigenvalue weighted by Crippen LogP contribution is 2.09. The Morgan fingerprint density at radius 1 is 1.50 bits per heavy atom. The molecule has 20 heavy (non-hydrogen) atoms. The second-order valence-corrected chi connectivity index (χ2v) is 4.72. The fraction of sp³-hybridized carbons (Fsp3) is 0.571. The quantitative estimate of drug-likeness (QED) is 0.874. The Morgan fingerprint density at radius 2 is 2.35 bits per heavy atom. The van der Waals surface area contributed by atoms with Gasteiger partial charge in [0.05, 0.1) is 19.0 Å². The predicted molar refractivity (Wildman–Crippen MR) is 72.3 cm³/mol. The molecule has 1 aromatic heterocycles. The van der Waals surface area contributed by atoms with Crippen molar-refractivity contribution in [2.75, 3.05) is 26.2 Å². The van der Waals surface area contributed by atoms with E-state index >= 15 is 0 Å². The third-order valence-electron chi connectivity index (χ3n) is 3.32. The number of rotatable bonds is 5. The van der Waals surface area contributed by atoms with Crippen LogP contribution < -0.4 is 5.32 Å². The summed E-state index contributed by atoms with van der Waals surface area (Å²) >= 11 is 0. The van der Waals surface area contributed by atoms with E-state index in [4.69, 9.17) is 9.15 Å². The fourth-order valence-electron chi connectivity index (χ4n) is 2.13. The maximum absolute atomic E-state index is 12.0. The molecule has 1 aliphatic rings. The molecular weight excluding hydrogens is 260 g/mol. The Bertz CT molecular complexity index is 444. The Hall–Kier alpha value is -1.82. The molecule has 1 N–H and O–H groups in total. The highest BCUT2D eigenvalue weighted by molar-refractivity contribution is 5.91. The van der Waals surface area contributed by atoms with Crippen LogP contribution >= 0.6 is 0 Å². The van der Waals surface area contributed by atoms with Crippen molar-refractivity contribution < 1.29 is 18.7 Å². The lowest BCUT2D eigenvalue weighted by Crippen LogP contribution is -2.46. The molecule has 2 rings (SSSR count). The fourth-order valence-corrected chi connectivity index (χ4v) is 2.13. The number of ether oxygens (including phenoxy) is 1. The molecule has 0 radical (unpaired) electrons. The maximum atomic E-state index is 12.0. The van der Waals surface area contributed by atoms with Crippen molar-refractivity contribution in [3.05, 3.63) is 24.2 Å². The predicted octanol–water partition coefficient (Wildman–Crippen LogP) is 1.04. The smallest absolute Gasteiger partial charge is 0.286 e. The molecule has 0 aliphatic carbocycles. The molecule has 2 amide bonds. The van der Waals surface area contributed by atoms with Crippen molar-refractivity contribution in [1.82, 2.24) is 10.2 Å². The van der Waals surface area contributed by atoms with E-state index in [-0.39, 0.29) is 23.7 Å². The van der Waals surface area contributed by atoms with Crippen molar-refractivity contribution in [2.24, 2.45) is 0 Å². The largest absolute Gasteiger partial charge is 0.459 e. The SMILES string of the molecule is CCC1CN(C(=O)CCNC(=O)c2ccco2)CCO1. The lowest BCUT2D eigenvalue weighted by molar-refractivity contribution is -0.138. The van der Waals surface area contributed by atoms with E-state index in [9.17, 15) is 9.59 Å². The number of nitrogens with one attached hydrogen (secondary N) is 1. The van der Waals surface area contributed by atoms with Gasteiger partial charge in [-0.3, -0.25) is 9.59 Å². The first-order valence-corrected chi connectivity index (χ1v) is 6.91. The minimum absolute atomic E-state index is 0.0477. The average Bonchev–Trinajstić information content (AvgIpc) is 3.01. The summed E-state index contributed by atoms with van der Waals surface area (Å²) in [6.07, 6.45) is 2.77. The van der Waals surface area contributed by atoms with Gasteiger partial charge in [0.15, 0.2) is 5.76 Å². The minimum atomic E-state index is -0.295. The number of amides is 2. The van der Waals surface area contributed by atoms with Crippen LogP contribution in [0.25, 0.3) is 0 Å². The third-order valence-corrected chi connectivity index (χ3v) is 3.32. The molecule has 6 heteroatoms. The molecule has 1 aliphatic heterocycles. The average molecular weight is 280 g/mol. The molecule has 0 aromatic carbocycles. The zero-order valence-corrected chi connectivity index (χ0v) is 11.6. The van der Waals surface area contributed by atoms with Gasteiger partial charge >= 0.3 is 0 Å². The lowest BCUT2D eigenvalue weighted by Gasteiger charge is -2.32. The summed E-state index contributed by atoms with van der Waals surface area (Å²) < 4.78 is 10.5. The van der Waals surface area contributed by atoms with E-state index in [1.807, 2.05) is 6.92 Å². The molecule has 1 unspecified atom stereocenters. The van der Waals surface area contributed by atoms with Gasteiger partial charge in [0.2, 0.25) is 5.91 Å². The Balaban J connectivity index is 1.71. The normalized spacial score (nSPS) is 18.9. The van der Waals surface area contributed by atoms with E-state index < -0.39 is 0 Å². The van der Waals surface area contributed by atoms with Gasteiger partial charge in [-0.05, 0) is 18.6 Å². The summed E-state index contributed by atoms with van der Waals surface area (Å²) in [4.78, 5) is 25.4. The van der Waals surface area contributed by atoms with Gasteiger partial charge in [0, 0.05) is 26.1 Å². The number of carbonyl (C=O) groups is 2. The first kappa shape index (κ1) is 14.6. The van der Waals surface area contributed by atoms with Crippen LogP contribution in [0.3, 0.4) is 0 Å². The van der Waals surface area contributed by atoms with Crippen molar-refractivity contribution in [2.45, 2.75) is 25.9 Å². The van der Waals surface area contributed by atoms with Gasteiger partial charge in [-0.25, -0.2) is 0 Å². The molecule has 0 spiro atoms. The third kappa shape index (κ3) is 3.84. The first-order valence-electron chi connectivity index (χ1n) is 6.91. The summed E-state index contributed by atoms with van der Waals surface area (Å²) in [7, 11) is 0. The molecule has 1 aromatic rings. The van der Waals surface area contributed by atoms with Crippen molar-refractivity contribution in [1.29, 1.82) is 0 Å². The number of hydrogen-bond acceptors (Lipinski definition) is 4. The number of morpholine rings is 1. The number of hydrogen-bond donors (Lipinski definition) is 1. The second-order valence-electron chi connectivity index (χ2n) is 4.72. The standard InChI is InChI=1S/C14H20N2O4/c1-2-11-10-16(7-9-19-11)13(17)5-6-15-14(18)12-4-3-8-20-12/h3-4,8,11H,2,5-7,9-10H2,1H3,(H,15,18). The van der Waals surface area contributed by atoms with E-state index in [1.54, 1.807) is 17.0 Å². The first-order chi connectivity index (χ1) is 9.70. The molecule has 110 valence electrons. The Kier molecular flexibility index (Phi) is 5.17. The maximum Gasteiger partial charge on any atom is 0.286 e. The van der Waals surface area contributed by atoms with Crippen LogP contribution in [-0.4, -0.2) is 49.1 Å². The summed E-state index contributed by atoms with van der Waals surface area (Å²) in [5.74, 6) is 0.0116. The molecule has 1 fully saturated rings. The monoisotopic (exact) mass is 280 g/mol. The van der Waals surface area contributed by atoms with Crippen molar-refractivity contribution in [3.63, 3.8) is 0 Å². The van der Waals surface area contributed by atoms with Gasteiger partial charge in [-0.2, -0.15) is 0 Å². The van der Waals surface area contributed by atoms with Crippen LogP contribution in [0.1, 0.15) is 30.3 Å². The highest BCUT2D eigenvalue weighted by atomic mass is 16.5. The van der Waals surface area contributed by atoms with Gasteiger partial charge < -0.3 is 19.4 Å². The van der Waals surface area contributed by atoms with E-state index in [0.29, 0.717) is 32.7 Å². The van der Waals surface area contributed by atoms with E-state index in [1.165, 1.54) is 6.26 Å². The van der Waals surface area contributed by atoms with Crippen LogP contribution in [-0.2, 0) is 9.53 Å². The highest BCUT2D eigenvalue weighted by Gasteiger charge is 2.22. The zero-order valence-electron chi connectivity index (χ0n) is 11.6. The molecule has 0 saturated carbocycles. The van der Waals surface area contributed by atoms with Crippen LogP contribution in [0.5, 0.6) is 0 Å². The topological polar surface area (TPSA) is 71.8 Å². The summed E-state index contributed by atoms with van der Waals surface area (Å²) in [6.45, 7) is 4.21. The van der Waals surface area contributed by atoms with Gasteiger partial charge in [-0.1, -0.05) is 6.92 Å². The molecular formula is C14H20N2O4. The number of carbonyl (C=O) groups excluding carboxylic acids is 2. The Labute approximate surface area is 118 Å². The van der Waals surface area contributed by atoms with Crippen LogP contribution in [0.15, 0.2) is 22.8 Å². The van der Waals surface area contributed by atoms with Crippen LogP contribution in [0.2, 0.25) is 0 Å². The van der Waals surface area contributed by atoms with Crippen molar-refractivity contribution >= 4 is 11.8 Å². The zero-order chi connectivity index (χ0) is 14.4. The minimum Gasteiger partial charge on any atom is -0.459 e. The van der Waals surface area contributed by atoms with Crippen LogP contribution in [0.4, 0.5) is 0 Å². The molecule has 1 saturated heterocycles. The van der Waals surface area contributed by atoms with Crippen LogP contribution in [0, 0.1) is 0 Å². The second kappa shape index (κ2) is 7.09. The van der Waals surface area contributed by atoms with Gasteiger partial charge in [-0.15, -0.1) is 0 Å². The summed E-state index contributed by atoms with van der Waals surface area (Å²) in [5, 5.41) is 2.67.